The summed E-state index contributed by atoms with van der Waals surface area (Å²) in [6.45, 7) is 8.74. The number of methoxy groups -OCH3 is 1. The molecule has 0 saturated carbocycles. The Balaban J connectivity index is 2.07. The summed E-state index contributed by atoms with van der Waals surface area (Å²) >= 11 is 0. The van der Waals surface area contributed by atoms with E-state index in [1.807, 2.05) is 45.0 Å². The van der Waals surface area contributed by atoms with Crippen molar-refractivity contribution in [2.45, 2.75) is 52.1 Å². The summed E-state index contributed by atoms with van der Waals surface area (Å²) in [7, 11) is -3.02. The Bertz CT molecular complexity index is 1560. The summed E-state index contributed by atoms with van der Waals surface area (Å²) in [6.07, 6.45) is 0. The van der Waals surface area contributed by atoms with Crippen molar-refractivity contribution < 1.29 is 27.7 Å². The van der Waals surface area contributed by atoms with Crippen molar-refractivity contribution in [2.24, 2.45) is 5.92 Å². The molecule has 0 heterocycles. The molecule has 0 fully saturated rings. The summed E-state index contributed by atoms with van der Waals surface area (Å²) in [6, 6.07) is 16.2. The summed E-state index contributed by atoms with van der Waals surface area (Å²) in [5, 5.41) is 14.4. The van der Waals surface area contributed by atoms with Gasteiger partial charge in [-0.1, -0.05) is 49.7 Å². The number of nitro benzene ring substituents is 1. The Hall–Kier alpha value is -4.45. The lowest BCUT2D eigenvalue weighted by atomic mass is 10.1. The number of sulfonamides is 1. The van der Waals surface area contributed by atoms with Gasteiger partial charge in [0.2, 0.25) is 11.8 Å². The van der Waals surface area contributed by atoms with Crippen LogP contribution >= 0.6 is 0 Å². The van der Waals surface area contributed by atoms with Crippen LogP contribution in [0.3, 0.4) is 0 Å². The maximum Gasteiger partial charge on any atom is 0.273 e. The van der Waals surface area contributed by atoms with E-state index in [1.165, 1.54) is 43.2 Å². The molecule has 1 N–H and O–H groups in total. The van der Waals surface area contributed by atoms with Crippen LogP contribution in [0, 0.1) is 29.9 Å². The van der Waals surface area contributed by atoms with E-state index in [-0.39, 0.29) is 34.6 Å². The SMILES string of the molecule is COc1ccc(N(CC(=O)N(Cc2ccc(C)cc2)C(C)C(=O)NCC(C)C)S(=O)(=O)c2ccc(C)c([N+](=O)[O-])c2)cc1. The predicted molar refractivity (Wildman–Crippen MR) is 164 cm³/mol. The van der Waals surface area contributed by atoms with Crippen molar-refractivity contribution in [3.63, 3.8) is 0 Å². The number of nitrogens with zero attached hydrogens (tertiary/aromatic N) is 3. The van der Waals surface area contributed by atoms with Gasteiger partial charge in [-0.25, -0.2) is 8.42 Å². The average molecular weight is 611 g/mol. The molecule has 3 aromatic carbocycles. The van der Waals surface area contributed by atoms with Gasteiger partial charge < -0.3 is 15.0 Å². The number of carbonyl (C=O) groups excluding carboxylic acids is 2. The van der Waals surface area contributed by atoms with E-state index in [9.17, 15) is 28.1 Å². The number of aryl methyl sites for hydroxylation is 2. The van der Waals surface area contributed by atoms with Crippen LogP contribution in [0.1, 0.15) is 37.5 Å². The van der Waals surface area contributed by atoms with Crippen LogP contribution < -0.4 is 14.4 Å². The highest BCUT2D eigenvalue weighted by atomic mass is 32.2. The van der Waals surface area contributed by atoms with Crippen LogP contribution in [0.2, 0.25) is 0 Å². The molecule has 0 spiro atoms. The molecular weight excluding hydrogens is 572 g/mol. The highest BCUT2D eigenvalue weighted by Crippen LogP contribution is 2.29. The number of nitrogens with one attached hydrogen (secondary N) is 1. The minimum atomic E-state index is -4.48. The lowest BCUT2D eigenvalue weighted by molar-refractivity contribution is -0.385. The van der Waals surface area contributed by atoms with Gasteiger partial charge in [0.05, 0.1) is 22.6 Å². The Labute approximate surface area is 252 Å². The highest BCUT2D eigenvalue weighted by molar-refractivity contribution is 7.92. The number of rotatable bonds is 13. The number of ether oxygens (including phenoxy) is 1. The highest BCUT2D eigenvalue weighted by Gasteiger charge is 2.33. The normalized spacial score (nSPS) is 12.0. The maximum absolute atomic E-state index is 14.0. The lowest BCUT2D eigenvalue weighted by Crippen LogP contribution is -2.51. The van der Waals surface area contributed by atoms with E-state index in [0.717, 1.165) is 21.5 Å². The standard InChI is InChI=1S/C31H38N4O7S/c1-21(2)18-32-31(37)24(5)33(19-25-10-7-22(3)8-11-25)30(36)20-34(26-12-14-27(42-6)15-13-26)43(40,41)28-16-9-23(4)29(17-28)35(38)39/h7-17,21,24H,18-20H2,1-6H3,(H,32,37). The first-order valence-electron chi connectivity index (χ1n) is 13.8. The van der Waals surface area contributed by atoms with Crippen molar-refractivity contribution in [2.75, 3.05) is 24.5 Å². The van der Waals surface area contributed by atoms with Gasteiger partial charge in [0.25, 0.3) is 15.7 Å². The fourth-order valence-corrected chi connectivity index (χ4v) is 5.71. The molecule has 0 aliphatic heterocycles. The van der Waals surface area contributed by atoms with Crippen molar-refractivity contribution in [3.05, 3.63) is 93.5 Å². The number of nitro groups is 1. The van der Waals surface area contributed by atoms with Gasteiger partial charge >= 0.3 is 0 Å². The maximum atomic E-state index is 14.0. The molecule has 0 aromatic heterocycles. The van der Waals surface area contributed by atoms with E-state index in [4.69, 9.17) is 4.74 Å². The molecule has 0 aliphatic carbocycles. The lowest BCUT2D eigenvalue weighted by Gasteiger charge is -2.32. The second-order valence-corrected chi connectivity index (χ2v) is 12.6. The van der Waals surface area contributed by atoms with Crippen molar-refractivity contribution >= 4 is 33.2 Å². The first-order valence-corrected chi connectivity index (χ1v) is 15.2. The summed E-state index contributed by atoms with van der Waals surface area (Å²) in [5.41, 5.74) is 1.86. The largest absolute Gasteiger partial charge is 0.497 e. The van der Waals surface area contributed by atoms with E-state index in [2.05, 4.69) is 5.32 Å². The molecule has 0 radical (unpaired) electrons. The monoisotopic (exact) mass is 610 g/mol. The van der Waals surface area contributed by atoms with E-state index in [1.54, 1.807) is 19.1 Å². The minimum Gasteiger partial charge on any atom is -0.497 e. The number of benzene rings is 3. The van der Waals surface area contributed by atoms with Crippen LogP contribution in [0.4, 0.5) is 11.4 Å². The van der Waals surface area contributed by atoms with Gasteiger partial charge in [0.1, 0.15) is 18.3 Å². The molecule has 3 rings (SSSR count). The fraction of sp³-hybridized carbons (Fsp3) is 0.355. The van der Waals surface area contributed by atoms with Crippen LogP contribution in [0.5, 0.6) is 5.75 Å². The van der Waals surface area contributed by atoms with Gasteiger partial charge in [0.15, 0.2) is 0 Å². The topological polar surface area (TPSA) is 139 Å². The van der Waals surface area contributed by atoms with Gasteiger partial charge in [-0.3, -0.25) is 24.0 Å². The molecule has 1 atom stereocenters. The fourth-order valence-electron chi connectivity index (χ4n) is 4.28. The zero-order valence-electron chi connectivity index (χ0n) is 25.2. The second-order valence-electron chi connectivity index (χ2n) is 10.7. The van der Waals surface area contributed by atoms with Gasteiger partial charge in [-0.2, -0.15) is 0 Å². The number of carbonyl (C=O) groups is 2. The van der Waals surface area contributed by atoms with Gasteiger partial charge in [-0.15, -0.1) is 0 Å². The molecule has 2 amide bonds. The molecule has 230 valence electrons. The molecule has 0 saturated heterocycles. The number of amides is 2. The second kappa shape index (κ2) is 14.1. The number of anilines is 1. The Kier molecular flexibility index (Phi) is 10.9. The van der Waals surface area contributed by atoms with Crippen LogP contribution in [-0.2, 0) is 26.2 Å². The van der Waals surface area contributed by atoms with Gasteiger partial charge in [-0.05, 0) is 62.6 Å². The Morgan fingerprint density at radius 1 is 0.977 bits per heavy atom. The molecule has 1 unspecified atom stereocenters. The van der Waals surface area contributed by atoms with Crippen molar-refractivity contribution in [1.29, 1.82) is 0 Å². The molecule has 43 heavy (non-hydrogen) atoms. The third-order valence-corrected chi connectivity index (χ3v) is 8.70. The van der Waals surface area contributed by atoms with Crippen molar-refractivity contribution in [3.8, 4) is 5.75 Å². The van der Waals surface area contributed by atoms with Crippen LogP contribution in [0.15, 0.2) is 71.6 Å². The molecule has 0 aliphatic rings. The zero-order valence-corrected chi connectivity index (χ0v) is 26.1. The Morgan fingerprint density at radius 2 is 1.60 bits per heavy atom. The van der Waals surface area contributed by atoms with E-state index < -0.39 is 33.4 Å². The first kappa shape index (κ1) is 33.1. The van der Waals surface area contributed by atoms with Crippen LogP contribution in [-0.4, -0.2) is 56.3 Å². The molecule has 3 aromatic rings. The quantitative estimate of drug-likeness (QED) is 0.220. The zero-order chi connectivity index (χ0) is 31.9. The molecule has 12 heteroatoms. The average Bonchev–Trinajstić information content (AvgIpc) is 2.97. The van der Waals surface area contributed by atoms with Crippen molar-refractivity contribution in [1.82, 2.24) is 10.2 Å². The van der Waals surface area contributed by atoms with E-state index in [0.29, 0.717) is 17.9 Å². The summed E-state index contributed by atoms with van der Waals surface area (Å²) in [5.74, 6) is -0.350. The molecule has 0 bridgehead atoms. The summed E-state index contributed by atoms with van der Waals surface area (Å²) in [4.78, 5) is 39.0. The first-order chi connectivity index (χ1) is 20.2. The third-order valence-electron chi connectivity index (χ3n) is 6.93. The Morgan fingerprint density at radius 3 is 2.16 bits per heavy atom. The minimum absolute atomic E-state index is 0.0574. The smallest absolute Gasteiger partial charge is 0.273 e. The number of hydrogen-bond donors (Lipinski definition) is 1. The van der Waals surface area contributed by atoms with E-state index >= 15 is 0 Å². The predicted octanol–water partition coefficient (Wildman–Crippen LogP) is 4.61. The summed E-state index contributed by atoms with van der Waals surface area (Å²) < 4.78 is 34.2. The molecular formula is C31H38N4O7S. The van der Waals surface area contributed by atoms with Gasteiger partial charge in [0, 0.05) is 24.7 Å². The number of hydrogen-bond acceptors (Lipinski definition) is 7. The molecule has 11 nitrogen and oxygen atoms in total. The van der Waals surface area contributed by atoms with Crippen LogP contribution in [0.25, 0.3) is 0 Å². The third kappa shape index (κ3) is 8.31.